The molecule has 0 bridgehead atoms. The van der Waals surface area contributed by atoms with Crippen molar-refractivity contribution >= 4 is 0 Å². The first-order valence-electron chi connectivity index (χ1n) is 6.77. The van der Waals surface area contributed by atoms with Crippen LogP contribution in [0, 0.1) is 0 Å². The minimum Gasteiger partial charge on any atom is -0.373 e. The second-order valence-corrected chi connectivity index (χ2v) is 4.53. The molecule has 0 N–H and O–H groups in total. The predicted octanol–water partition coefficient (Wildman–Crippen LogP) is 4.31. The molecule has 3 nitrogen and oxygen atoms in total. The van der Waals surface area contributed by atoms with Crippen LogP contribution in [0.15, 0.2) is 56.2 Å². The zero-order valence-electron chi connectivity index (χ0n) is 13.0. The molecule has 1 rings (SSSR count). The zero-order valence-corrected chi connectivity index (χ0v) is 13.0. The molecule has 3 unspecified atom stereocenters. The normalized spacial score (nSPS) is 15.0. The first kappa shape index (κ1) is 17.4. The van der Waals surface area contributed by atoms with E-state index >= 15 is 0 Å². The van der Waals surface area contributed by atoms with Crippen LogP contribution in [0.3, 0.4) is 0 Å². The van der Waals surface area contributed by atoms with Gasteiger partial charge >= 0.3 is 0 Å². The van der Waals surface area contributed by atoms with Gasteiger partial charge in [-0.1, -0.05) is 36.4 Å². The number of hydrogen-bond donors (Lipinski definition) is 0. The van der Waals surface area contributed by atoms with E-state index in [-0.39, 0.29) is 18.3 Å². The number of ether oxygens (including phenoxy) is 3. The molecule has 0 spiro atoms. The summed E-state index contributed by atoms with van der Waals surface area (Å²) >= 11 is 0. The lowest BCUT2D eigenvalue weighted by Gasteiger charge is -2.25. The average Bonchev–Trinajstić information content (AvgIpc) is 2.52. The Morgan fingerprint density at radius 2 is 1.14 bits per heavy atom. The highest BCUT2D eigenvalue weighted by Crippen LogP contribution is 2.35. The average molecular weight is 288 g/mol. The molecular weight excluding hydrogens is 264 g/mol. The van der Waals surface area contributed by atoms with E-state index in [1.165, 1.54) is 0 Å². The molecule has 114 valence electrons. The van der Waals surface area contributed by atoms with Crippen LogP contribution in [0.2, 0.25) is 0 Å². The Kier molecular flexibility index (Phi) is 7.09. The van der Waals surface area contributed by atoms with Gasteiger partial charge in [0.2, 0.25) is 0 Å². The van der Waals surface area contributed by atoms with Crippen molar-refractivity contribution in [3.8, 4) is 0 Å². The summed E-state index contributed by atoms with van der Waals surface area (Å²) in [5.41, 5.74) is 2.95. The van der Waals surface area contributed by atoms with E-state index in [2.05, 4.69) is 19.7 Å². The second-order valence-electron chi connectivity index (χ2n) is 4.53. The minimum absolute atomic E-state index is 0.222. The topological polar surface area (TPSA) is 27.7 Å². The Balaban J connectivity index is 3.57. The molecular formula is C18H24O3. The highest BCUT2D eigenvalue weighted by molar-refractivity contribution is 5.43. The SMILES string of the molecule is C=CC(OC)c1cccc(C(C=C)OC)c1C(C=C)OC. The maximum Gasteiger partial charge on any atom is 0.101 e. The van der Waals surface area contributed by atoms with Crippen molar-refractivity contribution in [2.24, 2.45) is 0 Å². The first-order chi connectivity index (χ1) is 10.2. The molecule has 0 fully saturated rings. The molecule has 1 aromatic rings. The van der Waals surface area contributed by atoms with Gasteiger partial charge in [-0.15, -0.1) is 19.7 Å². The van der Waals surface area contributed by atoms with E-state index in [4.69, 9.17) is 14.2 Å². The molecule has 21 heavy (non-hydrogen) atoms. The van der Waals surface area contributed by atoms with Crippen LogP contribution >= 0.6 is 0 Å². The van der Waals surface area contributed by atoms with E-state index in [1.807, 2.05) is 18.2 Å². The molecule has 0 aliphatic rings. The highest BCUT2D eigenvalue weighted by atomic mass is 16.5. The molecule has 0 aliphatic carbocycles. The molecule has 0 saturated carbocycles. The second kappa shape index (κ2) is 8.57. The van der Waals surface area contributed by atoms with Crippen LogP contribution in [0.5, 0.6) is 0 Å². The van der Waals surface area contributed by atoms with E-state index in [1.54, 1.807) is 39.6 Å². The number of hydrogen-bond acceptors (Lipinski definition) is 3. The third kappa shape index (κ3) is 3.70. The lowest BCUT2D eigenvalue weighted by atomic mass is 9.90. The van der Waals surface area contributed by atoms with Gasteiger partial charge in [-0.25, -0.2) is 0 Å². The molecule has 3 atom stereocenters. The van der Waals surface area contributed by atoms with Gasteiger partial charge in [0.05, 0.1) is 0 Å². The van der Waals surface area contributed by atoms with Gasteiger partial charge in [0.25, 0.3) is 0 Å². The van der Waals surface area contributed by atoms with Gasteiger partial charge in [0.15, 0.2) is 0 Å². The van der Waals surface area contributed by atoms with E-state index in [9.17, 15) is 0 Å². The van der Waals surface area contributed by atoms with Crippen LogP contribution < -0.4 is 0 Å². The van der Waals surface area contributed by atoms with Crippen LogP contribution in [0.25, 0.3) is 0 Å². The molecule has 1 aromatic carbocycles. The summed E-state index contributed by atoms with van der Waals surface area (Å²) in [6, 6.07) is 5.97. The van der Waals surface area contributed by atoms with Gasteiger partial charge in [-0.3, -0.25) is 0 Å². The van der Waals surface area contributed by atoms with Crippen LogP contribution in [0.4, 0.5) is 0 Å². The van der Waals surface area contributed by atoms with Crippen LogP contribution in [-0.4, -0.2) is 21.3 Å². The van der Waals surface area contributed by atoms with Gasteiger partial charge in [0, 0.05) is 21.3 Å². The van der Waals surface area contributed by atoms with Crippen molar-refractivity contribution in [2.45, 2.75) is 18.3 Å². The fourth-order valence-electron chi connectivity index (χ4n) is 2.46. The monoisotopic (exact) mass is 288 g/mol. The lowest BCUT2D eigenvalue weighted by molar-refractivity contribution is 0.114. The van der Waals surface area contributed by atoms with Gasteiger partial charge < -0.3 is 14.2 Å². The third-order valence-corrected chi connectivity index (χ3v) is 3.48. The summed E-state index contributed by atoms with van der Waals surface area (Å²) in [6.45, 7) is 11.5. The highest BCUT2D eigenvalue weighted by Gasteiger charge is 2.23. The lowest BCUT2D eigenvalue weighted by Crippen LogP contribution is -2.13. The Morgan fingerprint density at radius 1 is 0.762 bits per heavy atom. The van der Waals surface area contributed by atoms with Crippen molar-refractivity contribution in [3.63, 3.8) is 0 Å². The molecule has 3 heteroatoms. The Hall–Kier alpha value is -1.68. The first-order valence-corrected chi connectivity index (χ1v) is 6.77. The van der Waals surface area contributed by atoms with Gasteiger partial charge in [-0.05, 0) is 16.7 Å². The number of rotatable bonds is 9. The van der Waals surface area contributed by atoms with Crippen LogP contribution in [0.1, 0.15) is 35.0 Å². The molecule has 0 aromatic heterocycles. The minimum atomic E-state index is -0.258. The summed E-state index contributed by atoms with van der Waals surface area (Å²) in [4.78, 5) is 0. The van der Waals surface area contributed by atoms with Crippen molar-refractivity contribution in [1.29, 1.82) is 0 Å². The Morgan fingerprint density at radius 3 is 1.43 bits per heavy atom. The van der Waals surface area contributed by atoms with E-state index in [0.717, 1.165) is 16.7 Å². The van der Waals surface area contributed by atoms with Crippen molar-refractivity contribution in [2.75, 3.05) is 21.3 Å². The number of benzene rings is 1. The van der Waals surface area contributed by atoms with Crippen LogP contribution in [-0.2, 0) is 14.2 Å². The van der Waals surface area contributed by atoms with Crippen molar-refractivity contribution < 1.29 is 14.2 Å². The Labute approximate surface area is 127 Å². The third-order valence-electron chi connectivity index (χ3n) is 3.48. The summed E-state index contributed by atoms with van der Waals surface area (Å²) in [5.74, 6) is 0. The molecule has 0 saturated heterocycles. The summed E-state index contributed by atoms with van der Waals surface area (Å²) < 4.78 is 16.5. The van der Waals surface area contributed by atoms with Gasteiger partial charge in [-0.2, -0.15) is 0 Å². The zero-order chi connectivity index (χ0) is 15.8. The molecule has 0 aliphatic heterocycles. The summed E-state index contributed by atoms with van der Waals surface area (Å²) in [6.07, 6.45) is 4.57. The van der Waals surface area contributed by atoms with E-state index < -0.39 is 0 Å². The largest absolute Gasteiger partial charge is 0.373 e. The fourth-order valence-corrected chi connectivity index (χ4v) is 2.46. The smallest absolute Gasteiger partial charge is 0.101 e. The van der Waals surface area contributed by atoms with E-state index in [0.29, 0.717) is 0 Å². The maximum absolute atomic E-state index is 5.55. The maximum atomic E-state index is 5.55. The molecule has 0 amide bonds. The summed E-state index contributed by atoms with van der Waals surface area (Å²) in [7, 11) is 4.96. The quantitative estimate of drug-likeness (QED) is 0.634. The van der Waals surface area contributed by atoms with Crippen molar-refractivity contribution in [1.82, 2.24) is 0 Å². The van der Waals surface area contributed by atoms with Gasteiger partial charge in [0.1, 0.15) is 18.3 Å². The summed E-state index contributed by atoms with van der Waals surface area (Å²) in [5, 5.41) is 0. The standard InChI is InChI=1S/C18H24O3/c1-7-15(19-4)13-11-10-12-14(16(8-2)20-5)18(13)17(9-3)21-6/h7-12,15-17H,1-3H2,4-6H3. The number of methoxy groups -OCH3 is 3. The predicted molar refractivity (Wildman–Crippen MR) is 86.3 cm³/mol. The fraction of sp³-hybridized carbons (Fsp3) is 0.333. The van der Waals surface area contributed by atoms with Crippen molar-refractivity contribution in [3.05, 3.63) is 72.9 Å². The molecule has 0 heterocycles. The molecule has 0 radical (unpaired) electrons. The Bertz CT molecular complexity index is 459.